The van der Waals surface area contributed by atoms with E-state index in [0.29, 0.717) is 11.0 Å². The van der Waals surface area contributed by atoms with E-state index in [2.05, 4.69) is 0 Å². The zero-order chi connectivity index (χ0) is 9.07. The Labute approximate surface area is 91.5 Å². The number of quaternary nitrogens is 1. The Balaban J connectivity index is -0.000000500. The lowest BCUT2D eigenvalue weighted by Crippen LogP contribution is -3.00. The highest BCUT2D eigenvalue weighted by Gasteiger charge is 2.16. The lowest BCUT2D eigenvalue weighted by Gasteiger charge is -2.26. The van der Waals surface area contributed by atoms with Gasteiger partial charge in [0.15, 0.2) is 0 Å². The molecule has 1 atom stereocenters. The predicted octanol–water partition coefficient (Wildman–Crippen LogP) is -3.65. The molecule has 82 valence electrons. The second-order valence-electron chi connectivity index (χ2n) is 3.80. The van der Waals surface area contributed by atoms with Gasteiger partial charge in [0.25, 0.3) is 0 Å². The Morgan fingerprint density at radius 2 is 1.85 bits per heavy atom. The first-order valence-electron chi connectivity index (χ1n) is 3.58. The predicted molar refractivity (Wildman–Crippen MR) is 50.0 cm³/mol. The minimum absolute atomic E-state index is 0. The molecule has 0 saturated carbocycles. The average molecular weight is 233 g/mol. The van der Waals surface area contributed by atoms with Crippen LogP contribution in [0, 0.1) is 0 Å². The van der Waals surface area contributed by atoms with E-state index in [-0.39, 0.29) is 31.2 Å². The number of rotatable bonds is 4. The number of aliphatic hydroxyl groups is 1. The van der Waals surface area contributed by atoms with Crippen LogP contribution in [0.15, 0.2) is 0 Å². The minimum Gasteiger partial charge on any atom is -1.00 e. The van der Waals surface area contributed by atoms with Crippen LogP contribution in [0.1, 0.15) is 6.42 Å². The number of hydrogen-bond acceptors (Lipinski definition) is 2. The summed E-state index contributed by atoms with van der Waals surface area (Å²) in [5.41, 5.74) is 4.91. The number of halogens is 2. The summed E-state index contributed by atoms with van der Waals surface area (Å²) in [5.74, 6) is -0.453. The van der Waals surface area contributed by atoms with Crippen molar-refractivity contribution in [1.82, 2.24) is 0 Å². The van der Waals surface area contributed by atoms with Gasteiger partial charge in [0, 0.05) is 0 Å². The van der Waals surface area contributed by atoms with Crippen molar-refractivity contribution in [1.29, 1.82) is 0 Å². The molecule has 0 fully saturated rings. The van der Waals surface area contributed by atoms with Gasteiger partial charge >= 0.3 is 0 Å². The summed E-state index contributed by atoms with van der Waals surface area (Å²) in [6, 6.07) is 0. The average Bonchev–Trinajstić information content (AvgIpc) is 1.53. The molecule has 0 aliphatic rings. The van der Waals surface area contributed by atoms with E-state index in [1.54, 1.807) is 0 Å². The SMILES string of the molecule is C[N+](C)(C)CC(O)CC(N)=O.Cl.[Cl-]. The summed E-state index contributed by atoms with van der Waals surface area (Å²) >= 11 is 0. The van der Waals surface area contributed by atoms with E-state index in [9.17, 15) is 9.90 Å². The van der Waals surface area contributed by atoms with Crippen molar-refractivity contribution in [2.75, 3.05) is 27.7 Å². The summed E-state index contributed by atoms with van der Waals surface area (Å²) in [4.78, 5) is 10.4. The van der Waals surface area contributed by atoms with Gasteiger partial charge in [-0.15, -0.1) is 12.4 Å². The molecule has 0 aliphatic heterocycles. The smallest absolute Gasteiger partial charge is 0.220 e. The van der Waals surface area contributed by atoms with Crippen LogP contribution in [0.4, 0.5) is 0 Å². The molecule has 1 unspecified atom stereocenters. The number of nitrogens with zero attached hydrogens (tertiary/aromatic N) is 1. The zero-order valence-electron chi connectivity index (χ0n) is 8.16. The lowest BCUT2D eigenvalue weighted by molar-refractivity contribution is -0.873. The molecule has 3 N–H and O–H groups in total. The first-order chi connectivity index (χ1) is 4.81. The Morgan fingerprint density at radius 1 is 1.46 bits per heavy atom. The number of primary amides is 1. The molecule has 0 aromatic heterocycles. The molecule has 0 spiro atoms. The number of nitrogens with two attached hydrogens (primary N) is 1. The fraction of sp³-hybridized carbons (Fsp3) is 0.857. The first-order valence-corrected chi connectivity index (χ1v) is 3.58. The molecule has 4 nitrogen and oxygen atoms in total. The minimum atomic E-state index is -0.618. The number of likely N-dealkylation sites (N-methyl/N-ethyl adjacent to an activating group) is 1. The number of aliphatic hydroxyl groups excluding tert-OH is 1. The normalized spacial score (nSPS) is 12.3. The highest BCUT2D eigenvalue weighted by atomic mass is 35.5. The van der Waals surface area contributed by atoms with Crippen LogP contribution >= 0.6 is 12.4 Å². The van der Waals surface area contributed by atoms with Gasteiger partial charge in [-0.05, 0) is 0 Å². The van der Waals surface area contributed by atoms with E-state index in [1.165, 1.54) is 0 Å². The van der Waals surface area contributed by atoms with Crippen molar-refractivity contribution in [2.45, 2.75) is 12.5 Å². The highest BCUT2D eigenvalue weighted by molar-refractivity contribution is 5.85. The molecule has 13 heavy (non-hydrogen) atoms. The van der Waals surface area contributed by atoms with Crippen LogP contribution in [0.5, 0.6) is 0 Å². The van der Waals surface area contributed by atoms with Gasteiger partial charge in [0.2, 0.25) is 5.91 Å². The van der Waals surface area contributed by atoms with Gasteiger partial charge in [0.1, 0.15) is 12.6 Å². The fourth-order valence-electron chi connectivity index (χ4n) is 0.929. The van der Waals surface area contributed by atoms with Crippen molar-refractivity contribution < 1.29 is 26.8 Å². The maximum Gasteiger partial charge on any atom is 0.220 e. The molecular formula is C7H18Cl2N2O2. The molecule has 1 amide bonds. The van der Waals surface area contributed by atoms with E-state index >= 15 is 0 Å². The monoisotopic (exact) mass is 232 g/mol. The van der Waals surface area contributed by atoms with E-state index < -0.39 is 12.0 Å². The Kier molecular flexibility index (Phi) is 10.6. The zero-order valence-corrected chi connectivity index (χ0v) is 9.73. The summed E-state index contributed by atoms with van der Waals surface area (Å²) in [6.07, 6.45) is -0.567. The van der Waals surface area contributed by atoms with Crippen LogP contribution in [0.3, 0.4) is 0 Å². The number of amides is 1. The van der Waals surface area contributed by atoms with E-state index in [0.717, 1.165) is 0 Å². The van der Waals surface area contributed by atoms with Crippen molar-refractivity contribution in [2.24, 2.45) is 5.73 Å². The van der Waals surface area contributed by atoms with Gasteiger partial charge in [-0.2, -0.15) is 0 Å². The summed E-state index contributed by atoms with van der Waals surface area (Å²) in [5, 5.41) is 9.24. The van der Waals surface area contributed by atoms with E-state index in [4.69, 9.17) is 5.73 Å². The van der Waals surface area contributed by atoms with Gasteiger partial charge in [-0.1, -0.05) is 0 Å². The highest BCUT2D eigenvalue weighted by Crippen LogP contribution is 1.97. The maximum absolute atomic E-state index is 10.4. The number of hydrogen-bond donors (Lipinski definition) is 2. The summed E-state index contributed by atoms with van der Waals surface area (Å²) < 4.78 is 0.633. The largest absolute Gasteiger partial charge is 1.00 e. The third-order valence-electron chi connectivity index (χ3n) is 1.20. The Morgan fingerprint density at radius 3 is 2.08 bits per heavy atom. The molecule has 0 aliphatic carbocycles. The van der Waals surface area contributed by atoms with Crippen LogP contribution in [0.2, 0.25) is 0 Å². The summed E-state index contributed by atoms with van der Waals surface area (Å²) in [6.45, 7) is 0.545. The van der Waals surface area contributed by atoms with Crippen molar-refractivity contribution in [3.8, 4) is 0 Å². The molecule has 0 saturated heterocycles. The second-order valence-corrected chi connectivity index (χ2v) is 3.80. The quantitative estimate of drug-likeness (QED) is 0.492. The lowest BCUT2D eigenvalue weighted by atomic mass is 10.2. The van der Waals surface area contributed by atoms with Gasteiger partial charge in [-0.25, -0.2) is 0 Å². The van der Waals surface area contributed by atoms with Crippen LogP contribution in [-0.4, -0.2) is 49.3 Å². The van der Waals surface area contributed by atoms with Crippen LogP contribution in [0.25, 0.3) is 0 Å². The fourth-order valence-corrected chi connectivity index (χ4v) is 0.929. The van der Waals surface area contributed by atoms with Gasteiger partial charge < -0.3 is 27.7 Å². The molecule has 6 heteroatoms. The van der Waals surface area contributed by atoms with Crippen molar-refractivity contribution >= 4 is 18.3 Å². The second kappa shape index (κ2) is 7.38. The third-order valence-corrected chi connectivity index (χ3v) is 1.20. The Bertz CT molecular complexity index is 148. The van der Waals surface area contributed by atoms with Gasteiger partial charge in [-0.3, -0.25) is 4.79 Å². The molecule has 0 aromatic carbocycles. The van der Waals surface area contributed by atoms with Crippen molar-refractivity contribution in [3.05, 3.63) is 0 Å². The maximum atomic E-state index is 10.4. The van der Waals surface area contributed by atoms with E-state index in [1.807, 2.05) is 21.1 Å². The van der Waals surface area contributed by atoms with Crippen LogP contribution in [-0.2, 0) is 4.79 Å². The Hall–Kier alpha value is -0.0300. The molecule has 0 aromatic rings. The molecule has 0 bridgehead atoms. The standard InChI is InChI=1S/C7H16N2O2.2ClH/c1-9(2,3)5-6(10)4-7(8)11;;/h6,10H,4-5H2,1-3H3,(H-,8,11);2*1H. The van der Waals surface area contributed by atoms with Crippen molar-refractivity contribution in [3.63, 3.8) is 0 Å². The number of carbonyl (C=O) groups is 1. The molecule has 0 radical (unpaired) electrons. The molecule has 0 rings (SSSR count). The molecule has 0 heterocycles. The summed E-state index contributed by atoms with van der Waals surface area (Å²) in [7, 11) is 5.85. The third kappa shape index (κ3) is 14.8. The molecular weight excluding hydrogens is 215 g/mol. The van der Waals surface area contributed by atoms with Gasteiger partial charge in [0.05, 0.1) is 27.6 Å². The van der Waals surface area contributed by atoms with Crippen LogP contribution < -0.4 is 18.1 Å². The first kappa shape index (κ1) is 18.7. The topological polar surface area (TPSA) is 63.3 Å². The number of carbonyl (C=O) groups excluding carboxylic acids is 1.